The maximum absolute atomic E-state index is 12.8. The molecule has 0 radical (unpaired) electrons. The molecule has 0 aromatic heterocycles. The van der Waals surface area contributed by atoms with Gasteiger partial charge in [0.1, 0.15) is 11.9 Å². The molecule has 0 saturated carbocycles. The van der Waals surface area contributed by atoms with E-state index in [-0.39, 0.29) is 29.8 Å². The SMILES string of the molecule is COc1ccc([C@@H]2OC(=O)[C@H](C(C)C)C/C=C\C[C@H]2C(C)C)cc1. The average molecular weight is 330 g/mol. The van der Waals surface area contributed by atoms with Crippen molar-refractivity contribution in [1.29, 1.82) is 0 Å². The molecule has 0 bridgehead atoms. The number of rotatable bonds is 4. The summed E-state index contributed by atoms with van der Waals surface area (Å²) in [4.78, 5) is 12.8. The van der Waals surface area contributed by atoms with E-state index in [0.717, 1.165) is 24.2 Å². The summed E-state index contributed by atoms with van der Waals surface area (Å²) in [6.45, 7) is 8.56. The van der Waals surface area contributed by atoms with E-state index in [0.29, 0.717) is 5.92 Å². The fraction of sp³-hybridized carbons (Fsp3) is 0.571. The molecule has 1 aliphatic rings. The van der Waals surface area contributed by atoms with Crippen molar-refractivity contribution in [2.24, 2.45) is 23.7 Å². The van der Waals surface area contributed by atoms with Gasteiger partial charge in [0.15, 0.2) is 0 Å². The van der Waals surface area contributed by atoms with Crippen molar-refractivity contribution in [3.63, 3.8) is 0 Å². The number of allylic oxidation sites excluding steroid dienone is 2. The zero-order chi connectivity index (χ0) is 17.7. The highest BCUT2D eigenvalue weighted by molar-refractivity contribution is 5.73. The van der Waals surface area contributed by atoms with E-state index in [9.17, 15) is 4.79 Å². The Morgan fingerprint density at radius 1 is 1.00 bits per heavy atom. The number of carbonyl (C=O) groups excluding carboxylic acids is 1. The minimum Gasteiger partial charge on any atom is -0.497 e. The molecule has 0 aliphatic carbocycles. The maximum Gasteiger partial charge on any atom is 0.310 e. The summed E-state index contributed by atoms with van der Waals surface area (Å²) in [5.74, 6) is 1.62. The third-order valence-electron chi connectivity index (χ3n) is 5.01. The van der Waals surface area contributed by atoms with Crippen molar-refractivity contribution >= 4 is 5.97 Å². The third kappa shape index (κ3) is 4.40. The zero-order valence-electron chi connectivity index (χ0n) is 15.5. The van der Waals surface area contributed by atoms with Crippen molar-refractivity contribution < 1.29 is 14.3 Å². The van der Waals surface area contributed by atoms with Gasteiger partial charge in [-0.2, -0.15) is 0 Å². The molecule has 0 amide bonds. The molecule has 0 unspecified atom stereocenters. The van der Waals surface area contributed by atoms with Crippen molar-refractivity contribution in [3.05, 3.63) is 42.0 Å². The molecular formula is C21H30O3. The van der Waals surface area contributed by atoms with Crippen LogP contribution < -0.4 is 4.74 Å². The number of ether oxygens (including phenoxy) is 2. The van der Waals surface area contributed by atoms with Gasteiger partial charge in [-0.1, -0.05) is 52.0 Å². The summed E-state index contributed by atoms with van der Waals surface area (Å²) in [7, 11) is 1.66. The molecule has 3 nitrogen and oxygen atoms in total. The van der Waals surface area contributed by atoms with Gasteiger partial charge < -0.3 is 9.47 Å². The summed E-state index contributed by atoms with van der Waals surface area (Å²) < 4.78 is 11.3. The Hall–Kier alpha value is -1.77. The van der Waals surface area contributed by atoms with Crippen LogP contribution in [0.5, 0.6) is 5.75 Å². The number of hydrogen-bond donors (Lipinski definition) is 0. The van der Waals surface area contributed by atoms with Crippen LogP contribution in [0.3, 0.4) is 0 Å². The predicted molar refractivity (Wildman–Crippen MR) is 96.9 cm³/mol. The summed E-state index contributed by atoms with van der Waals surface area (Å²) >= 11 is 0. The van der Waals surface area contributed by atoms with Crippen LogP contribution in [0.2, 0.25) is 0 Å². The molecule has 1 heterocycles. The predicted octanol–water partition coefficient (Wildman–Crippen LogP) is 5.17. The van der Waals surface area contributed by atoms with Crippen LogP contribution in [0.1, 0.15) is 52.2 Å². The first-order valence-electron chi connectivity index (χ1n) is 8.93. The quantitative estimate of drug-likeness (QED) is 0.564. The number of hydrogen-bond acceptors (Lipinski definition) is 3. The minimum atomic E-state index is -0.215. The normalized spacial score (nSPS) is 26.5. The molecular weight excluding hydrogens is 300 g/mol. The maximum atomic E-state index is 12.8. The van der Waals surface area contributed by atoms with Gasteiger partial charge in [-0.3, -0.25) is 4.79 Å². The van der Waals surface area contributed by atoms with Gasteiger partial charge in [-0.25, -0.2) is 0 Å². The molecule has 0 N–H and O–H groups in total. The Kier molecular flexibility index (Phi) is 6.47. The standard InChI is InChI=1S/C21H30O3/c1-14(2)18-8-6-7-9-19(15(3)4)21(22)24-20(18)16-10-12-17(23-5)13-11-16/h6-7,10-15,18-20H,8-9H2,1-5H3/b7-6-/t18-,19-,20-/m0/s1. The molecule has 0 saturated heterocycles. The van der Waals surface area contributed by atoms with E-state index in [1.807, 2.05) is 24.3 Å². The molecule has 3 heteroatoms. The van der Waals surface area contributed by atoms with Crippen molar-refractivity contribution in [3.8, 4) is 5.75 Å². The van der Waals surface area contributed by atoms with Crippen LogP contribution >= 0.6 is 0 Å². The Bertz CT molecular complexity index is 557. The first-order chi connectivity index (χ1) is 11.4. The molecule has 1 aromatic carbocycles. The van der Waals surface area contributed by atoms with E-state index < -0.39 is 0 Å². The first kappa shape index (κ1) is 18.6. The lowest BCUT2D eigenvalue weighted by Crippen LogP contribution is -2.28. The topological polar surface area (TPSA) is 35.5 Å². The zero-order valence-corrected chi connectivity index (χ0v) is 15.5. The molecule has 0 fully saturated rings. The molecule has 2 rings (SSSR count). The number of benzene rings is 1. The average Bonchev–Trinajstić information content (AvgIpc) is 2.63. The number of esters is 1. The van der Waals surface area contributed by atoms with E-state index in [1.54, 1.807) is 7.11 Å². The Morgan fingerprint density at radius 3 is 2.17 bits per heavy atom. The number of cyclic esters (lactones) is 1. The van der Waals surface area contributed by atoms with Crippen molar-refractivity contribution in [2.45, 2.75) is 46.6 Å². The Labute approximate surface area is 146 Å². The van der Waals surface area contributed by atoms with E-state index in [1.165, 1.54) is 0 Å². The Morgan fingerprint density at radius 2 is 1.62 bits per heavy atom. The van der Waals surface area contributed by atoms with Gasteiger partial charge in [-0.15, -0.1) is 0 Å². The summed E-state index contributed by atoms with van der Waals surface area (Å²) in [5, 5.41) is 0. The third-order valence-corrected chi connectivity index (χ3v) is 5.01. The van der Waals surface area contributed by atoms with Crippen molar-refractivity contribution in [1.82, 2.24) is 0 Å². The highest BCUT2D eigenvalue weighted by atomic mass is 16.5. The monoisotopic (exact) mass is 330 g/mol. The van der Waals surface area contributed by atoms with Gasteiger partial charge in [0, 0.05) is 5.92 Å². The highest BCUT2D eigenvalue weighted by Crippen LogP contribution is 2.37. The second kappa shape index (κ2) is 8.36. The fourth-order valence-corrected chi connectivity index (χ4v) is 3.29. The van der Waals surface area contributed by atoms with Gasteiger partial charge in [0.25, 0.3) is 0 Å². The molecule has 132 valence electrons. The molecule has 1 aromatic rings. The van der Waals surface area contributed by atoms with Gasteiger partial charge in [-0.05, 0) is 42.4 Å². The van der Waals surface area contributed by atoms with Crippen LogP contribution in [0.25, 0.3) is 0 Å². The first-order valence-corrected chi connectivity index (χ1v) is 8.93. The highest BCUT2D eigenvalue weighted by Gasteiger charge is 2.33. The van der Waals surface area contributed by atoms with Crippen molar-refractivity contribution in [2.75, 3.05) is 7.11 Å². The summed E-state index contributed by atoms with van der Waals surface area (Å²) in [5.41, 5.74) is 1.04. The fourth-order valence-electron chi connectivity index (χ4n) is 3.29. The number of carbonyl (C=O) groups is 1. The Balaban J connectivity index is 2.36. The second-order valence-corrected chi connectivity index (χ2v) is 7.33. The van der Waals surface area contributed by atoms with E-state index >= 15 is 0 Å². The van der Waals surface area contributed by atoms with Crippen LogP contribution in [0.15, 0.2) is 36.4 Å². The van der Waals surface area contributed by atoms with Gasteiger partial charge in [0.05, 0.1) is 13.0 Å². The van der Waals surface area contributed by atoms with Crippen LogP contribution in [-0.2, 0) is 9.53 Å². The number of methoxy groups -OCH3 is 1. The second-order valence-electron chi connectivity index (χ2n) is 7.33. The smallest absolute Gasteiger partial charge is 0.310 e. The van der Waals surface area contributed by atoms with Crippen LogP contribution in [0, 0.1) is 23.7 Å². The minimum absolute atomic E-state index is 0.0760. The van der Waals surface area contributed by atoms with E-state index in [4.69, 9.17) is 9.47 Å². The van der Waals surface area contributed by atoms with E-state index in [2.05, 4.69) is 39.8 Å². The molecule has 24 heavy (non-hydrogen) atoms. The summed E-state index contributed by atoms with van der Waals surface area (Å²) in [6, 6.07) is 7.89. The lowest BCUT2D eigenvalue weighted by Gasteiger charge is -2.30. The van der Waals surface area contributed by atoms with Gasteiger partial charge in [0.2, 0.25) is 0 Å². The van der Waals surface area contributed by atoms with Crippen LogP contribution in [-0.4, -0.2) is 13.1 Å². The lowest BCUT2D eigenvalue weighted by molar-refractivity contribution is -0.159. The molecule has 3 atom stereocenters. The van der Waals surface area contributed by atoms with Crippen LogP contribution in [0.4, 0.5) is 0 Å². The lowest BCUT2D eigenvalue weighted by atomic mass is 9.84. The summed E-state index contributed by atoms with van der Waals surface area (Å²) in [6.07, 6.45) is 5.84. The molecule has 0 spiro atoms. The largest absolute Gasteiger partial charge is 0.497 e. The molecule has 1 aliphatic heterocycles. The van der Waals surface area contributed by atoms with Gasteiger partial charge >= 0.3 is 5.97 Å².